The number of amides is 2. The van der Waals surface area contributed by atoms with Crippen LogP contribution in [0.2, 0.25) is 0 Å². The highest BCUT2D eigenvalue weighted by molar-refractivity contribution is 7.10. The molecule has 1 fully saturated rings. The van der Waals surface area contributed by atoms with Gasteiger partial charge in [0.1, 0.15) is 6.54 Å². The minimum absolute atomic E-state index is 0.0995. The summed E-state index contributed by atoms with van der Waals surface area (Å²) in [5, 5.41) is 1.98. The van der Waals surface area contributed by atoms with Crippen LogP contribution >= 0.6 is 11.3 Å². The van der Waals surface area contributed by atoms with E-state index in [1.54, 1.807) is 16.2 Å². The van der Waals surface area contributed by atoms with Crippen molar-refractivity contribution in [3.63, 3.8) is 0 Å². The molecule has 9 heteroatoms. The van der Waals surface area contributed by atoms with Gasteiger partial charge in [0.2, 0.25) is 5.91 Å². The summed E-state index contributed by atoms with van der Waals surface area (Å²) in [4.78, 5) is 31.2. The second-order valence-electron chi connectivity index (χ2n) is 9.16. The topological polar surface area (TPSA) is 49.9 Å². The summed E-state index contributed by atoms with van der Waals surface area (Å²) in [5.74, 6) is -0.737. The Morgan fingerprint density at radius 3 is 2.32 bits per heavy atom. The third-order valence-corrected chi connectivity index (χ3v) is 7.40. The van der Waals surface area contributed by atoms with Crippen LogP contribution in [0, 0.1) is 6.92 Å². The number of hydrogen-bond acceptors (Lipinski definition) is 4. The van der Waals surface area contributed by atoms with Gasteiger partial charge in [-0.1, -0.05) is 30.3 Å². The van der Waals surface area contributed by atoms with Crippen molar-refractivity contribution in [2.75, 3.05) is 19.7 Å². The summed E-state index contributed by atoms with van der Waals surface area (Å²) in [6, 6.07) is 15.7. The summed E-state index contributed by atoms with van der Waals surface area (Å²) >= 11 is 1.57. The number of carbonyl (C=O) groups excluding carboxylic acids is 2. The number of ether oxygens (including phenoxy) is 1. The van der Waals surface area contributed by atoms with E-state index < -0.39 is 17.6 Å². The maximum atomic E-state index is 13.6. The quantitative estimate of drug-likeness (QED) is 0.345. The molecule has 0 aliphatic carbocycles. The Balaban J connectivity index is 1.56. The number of carbonyl (C=O) groups is 2. The first-order chi connectivity index (χ1) is 17.7. The maximum absolute atomic E-state index is 13.6. The van der Waals surface area contributed by atoms with Gasteiger partial charge < -0.3 is 14.5 Å². The number of benzene rings is 2. The molecule has 1 atom stereocenters. The van der Waals surface area contributed by atoms with Crippen molar-refractivity contribution < 1.29 is 27.5 Å². The number of rotatable bonds is 9. The van der Waals surface area contributed by atoms with Gasteiger partial charge in [-0.15, -0.1) is 11.3 Å². The normalized spacial score (nSPS) is 15.5. The summed E-state index contributed by atoms with van der Waals surface area (Å²) in [5.41, 5.74) is 1.33. The Morgan fingerprint density at radius 2 is 1.73 bits per heavy atom. The second kappa shape index (κ2) is 11.9. The van der Waals surface area contributed by atoms with Crippen molar-refractivity contribution in [1.29, 1.82) is 0 Å². The number of thiophene rings is 1. The Kier molecular flexibility index (Phi) is 8.66. The first kappa shape index (κ1) is 26.9. The highest BCUT2D eigenvalue weighted by Crippen LogP contribution is 2.29. The Hall–Kier alpha value is -3.17. The van der Waals surface area contributed by atoms with Crippen molar-refractivity contribution >= 4 is 23.2 Å². The highest BCUT2D eigenvalue weighted by Gasteiger charge is 2.31. The van der Waals surface area contributed by atoms with E-state index in [0.717, 1.165) is 53.1 Å². The van der Waals surface area contributed by atoms with Gasteiger partial charge >= 0.3 is 6.18 Å². The minimum Gasteiger partial charge on any atom is -0.376 e. The van der Waals surface area contributed by atoms with Crippen LogP contribution in [0.25, 0.3) is 0 Å². The molecule has 1 saturated heterocycles. The van der Waals surface area contributed by atoms with Crippen LogP contribution in [-0.2, 0) is 28.8 Å². The number of aryl methyl sites for hydroxylation is 1. The first-order valence-electron chi connectivity index (χ1n) is 12.1. The van der Waals surface area contributed by atoms with Gasteiger partial charge in [0.05, 0.1) is 18.2 Å². The van der Waals surface area contributed by atoms with Gasteiger partial charge in [0.25, 0.3) is 5.91 Å². The smallest absolute Gasteiger partial charge is 0.376 e. The van der Waals surface area contributed by atoms with E-state index >= 15 is 0 Å². The molecule has 1 aromatic heterocycles. The predicted molar refractivity (Wildman–Crippen MR) is 136 cm³/mol. The van der Waals surface area contributed by atoms with Crippen LogP contribution in [-0.4, -0.2) is 47.4 Å². The molecule has 2 heterocycles. The highest BCUT2D eigenvalue weighted by atomic mass is 32.1. The molecule has 0 saturated carbocycles. The zero-order valence-electron chi connectivity index (χ0n) is 20.5. The minimum atomic E-state index is -4.49. The fourth-order valence-electron chi connectivity index (χ4n) is 4.28. The van der Waals surface area contributed by atoms with E-state index in [4.69, 9.17) is 4.74 Å². The lowest BCUT2D eigenvalue weighted by Crippen LogP contribution is -2.45. The van der Waals surface area contributed by atoms with Gasteiger partial charge in [-0.2, -0.15) is 13.2 Å². The third kappa shape index (κ3) is 7.20. The monoisotopic (exact) mass is 530 g/mol. The van der Waals surface area contributed by atoms with Crippen molar-refractivity contribution in [3.8, 4) is 0 Å². The molecule has 5 nitrogen and oxygen atoms in total. The van der Waals surface area contributed by atoms with Gasteiger partial charge in [0, 0.05) is 30.1 Å². The average molecular weight is 531 g/mol. The van der Waals surface area contributed by atoms with Crippen LogP contribution in [0.15, 0.2) is 66.0 Å². The number of hydrogen-bond donors (Lipinski definition) is 0. The zero-order chi connectivity index (χ0) is 26.4. The molecule has 0 radical (unpaired) electrons. The Morgan fingerprint density at radius 1 is 1.00 bits per heavy atom. The molecule has 0 N–H and O–H groups in total. The molecule has 0 unspecified atom stereocenters. The van der Waals surface area contributed by atoms with E-state index in [-0.39, 0.29) is 30.7 Å². The second-order valence-corrected chi connectivity index (χ2v) is 10.2. The van der Waals surface area contributed by atoms with Crippen LogP contribution in [0.5, 0.6) is 0 Å². The summed E-state index contributed by atoms with van der Waals surface area (Å²) in [6.07, 6.45) is -3.09. The molecule has 2 amide bonds. The van der Waals surface area contributed by atoms with Crippen LogP contribution in [0.3, 0.4) is 0 Å². The largest absolute Gasteiger partial charge is 0.416 e. The van der Waals surface area contributed by atoms with Crippen molar-refractivity contribution in [2.24, 2.45) is 0 Å². The lowest BCUT2D eigenvalue weighted by Gasteiger charge is -2.29. The van der Waals surface area contributed by atoms with Crippen molar-refractivity contribution in [2.45, 2.75) is 45.1 Å². The Labute approximate surface area is 218 Å². The van der Waals surface area contributed by atoms with Crippen LogP contribution in [0.1, 0.15) is 44.8 Å². The molecule has 0 bridgehead atoms. The number of alkyl halides is 3. The summed E-state index contributed by atoms with van der Waals surface area (Å²) < 4.78 is 44.7. The summed E-state index contributed by atoms with van der Waals surface area (Å²) in [6.45, 7) is 3.35. The molecular formula is C28H29F3N2O3S. The van der Waals surface area contributed by atoms with Crippen LogP contribution in [0.4, 0.5) is 13.2 Å². The van der Waals surface area contributed by atoms with Gasteiger partial charge in [-0.3, -0.25) is 9.59 Å². The van der Waals surface area contributed by atoms with Gasteiger partial charge in [0.15, 0.2) is 0 Å². The lowest BCUT2D eigenvalue weighted by atomic mass is 10.1. The molecule has 196 valence electrons. The number of halogens is 3. The molecule has 0 spiro atoms. The third-order valence-electron chi connectivity index (χ3n) is 6.39. The van der Waals surface area contributed by atoms with E-state index in [2.05, 4.69) is 0 Å². The standard InChI is InChI=1S/C28H29F3N2O3S/c1-20-13-15-37-25(20)18-32(16-21-6-3-2-4-7-21)26(34)19-33(17-24-8-5-14-36-24)27(35)22-9-11-23(12-10-22)28(29,30)31/h2-4,6-7,9-13,15,24H,5,8,14,16-19H2,1H3/t24-/m1/s1. The molecule has 2 aromatic carbocycles. The molecule has 3 aromatic rings. The van der Waals surface area contributed by atoms with Crippen LogP contribution < -0.4 is 0 Å². The van der Waals surface area contributed by atoms with Gasteiger partial charge in [-0.05, 0) is 66.6 Å². The predicted octanol–water partition coefficient (Wildman–Crippen LogP) is 5.93. The molecular weight excluding hydrogens is 501 g/mol. The average Bonchev–Trinajstić information content (AvgIpc) is 3.54. The van der Waals surface area contributed by atoms with E-state index in [1.165, 1.54) is 4.90 Å². The summed E-state index contributed by atoms with van der Waals surface area (Å²) in [7, 11) is 0. The van der Waals surface area contributed by atoms with Crippen molar-refractivity contribution in [1.82, 2.24) is 9.80 Å². The lowest BCUT2D eigenvalue weighted by molar-refractivity contribution is -0.137. The maximum Gasteiger partial charge on any atom is 0.416 e. The van der Waals surface area contributed by atoms with E-state index in [0.29, 0.717) is 19.7 Å². The Bertz CT molecular complexity index is 1190. The first-order valence-corrected chi connectivity index (χ1v) is 13.0. The fraction of sp³-hybridized carbons (Fsp3) is 0.357. The molecule has 4 rings (SSSR count). The van der Waals surface area contributed by atoms with Gasteiger partial charge in [-0.25, -0.2) is 0 Å². The zero-order valence-corrected chi connectivity index (χ0v) is 21.4. The number of nitrogens with zero attached hydrogens (tertiary/aromatic N) is 2. The van der Waals surface area contributed by atoms with E-state index in [1.807, 2.05) is 48.7 Å². The fourth-order valence-corrected chi connectivity index (χ4v) is 5.20. The molecule has 1 aliphatic rings. The van der Waals surface area contributed by atoms with Crippen molar-refractivity contribution in [3.05, 3.63) is 93.2 Å². The van der Waals surface area contributed by atoms with E-state index in [9.17, 15) is 22.8 Å². The SMILES string of the molecule is Cc1ccsc1CN(Cc1ccccc1)C(=O)CN(C[C@H]1CCCO1)C(=O)c1ccc(C(F)(F)F)cc1. The molecule has 1 aliphatic heterocycles. The molecule has 37 heavy (non-hydrogen) atoms.